The Morgan fingerprint density at radius 2 is 1.97 bits per heavy atom. The summed E-state index contributed by atoms with van der Waals surface area (Å²) in [5.74, 6) is -0.445. The van der Waals surface area contributed by atoms with Crippen molar-refractivity contribution >= 4 is 29.3 Å². The second kappa shape index (κ2) is 9.92. The summed E-state index contributed by atoms with van der Waals surface area (Å²) in [5, 5.41) is 11.1. The number of benzene rings is 1. The predicted octanol–water partition coefficient (Wildman–Crippen LogP) is 2.84. The fourth-order valence-corrected chi connectivity index (χ4v) is 4.33. The number of aromatic nitrogens is 4. The first kappa shape index (κ1) is 22.0. The van der Waals surface area contributed by atoms with Crippen molar-refractivity contribution in [3.63, 3.8) is 0 Å². The molecule has 0 unspecified atom stereocenters. The van der Waals surface area contributed by atoms with E-state index in [9.17, 15) is 9.59 Å². The van der Waals surface area contributed by atoms with E-state index in [1.165, 1.54) is 18.0 Å². The Bertz CT molecular complexity index is 1110. The van der Waals surface area contributed by atoms with Gasteiger partial charge in [-0.1, -0.05) is 23.9 Å². The quantitative estimate of drug-likeness (QED) is 0.437. The maximum absolute atomic E-state index is 12.8. The van der Waals surface area contributed by atoms with Crippen LogP contribution in [0.15, 0.2) is 54.1 Å². The Morgan fingerprint density at radius 1 is 1.16 bits per heavy atom. The van der Waals surface area contributed by atoms with E-state index in [1.54, 1.807) is 29.1 Å². The molecule has 0 aliphatic carbocycles. The molecule has 4 rings (SSSR count). The number of nitrogens with two attached hydrogens (primary N) is 1. The maximum Gasteiger partial charge on any atom is 0.274 e. The van der Waals surface area contributed by atoms with Crippen molar-refractivity contribution in [2.75, 3.05) is 18.4 Å². The molecule has 3 heterocycles. The number of amides is 2. The zero-order valence-electron chi connectivity index (χ0n) is 17.8. The largest absolute Gasteiger partial charge is 0.339 e. The van der Waals surface area contributed by atoms with Crippen LogP contribution in [0.5, 0.6) is 0 Å². The van der Waals surface area contributed by atoms with Gasteiger partial charge < -0.3 is 20.5 Å². The average Bonchev–Trinajstić information content (AvgIpc) is 3.23. The van der Waals surface area contributed by atoms with Gasteiger partial charge in [-0.25, -0.2) is 0 Å². The first-order valence-corrected chi connectivity index (χ1v) is 11.3. The zero-order valence-corrected chi connectivity index (χ0v) is 18.6. The fraction of sp³-hybridized carbons (Fsp3) is 0.318. The van der Waals surface area contributed by atoms with Crippen molar-refractivity contribution in [2.45, 2.75) is 29.8 Å². The molecule has 2 aromatic heterocycles. The molecule has 0 radical (unpaired) electrons. The summed E-state index contributed by atoms with van der Waals surface area (Å²) in [6, 6.07) is 10.5. The van der Waals surface area contributed by atoms with Crippen molar-refractivity contribution in [2.24, 2.45) is 12.8 Å². The SMILES string of the molecule is Cn1cnnc1S[C@@H](N)c1cccc(NC(=O)c2cc(C(=O)N3CCCCC3)ccn2)c1. The molecular weight excluding hydrogens is 426 g/mol. The number of nitrogens with one attached hydrogen (secondary N) is 1. The summed E-state index contributed by atoms with van der Waals surface area (Å²) in [4.78, 5) is 31.5. The third-order valence-electron chi connectivity index (χ3n) is 5.26. The number of rotatable bonds is 6. The third-order valence-corrected chi connectivity index (χ3v) is 6.36. The van der Waals surface area contributed by atoms with Crippen LogP contribution in [0.3, 0.4) is 0 Å². The lowest BCUT2D eigenvalue weighted by Gasteiger charge is -2.26. The van der Waals surface area contributed by atoms with Crippen molar-refractivity contribution < 1.29 is 9.59 Å². The van der Waals surface area contributed by atoms with Crippen LogP contribution < -0.4 is 11.1 Å². The van der Waals surface area contributed by atoms with Gasteiger partial charge in [0.2, 0.25) is 0 Å². The van der Waals surface area contributed by atoms with Gasteiger partial charge in [-0.15, -0.1) is 10.2 Å². The van der Waals surface area contributed by atoms with Gasteiger partial charge in [-0.05, 0) is 49.1 Å². The van der Waals surface area contributed by atoms with E-state index in [4.69, 9.17) is 5.73 Å². The van der Waals surface area contributed by atoms with Gasteiger partial charge in [0, 0.05) is 37.6 Å². The Kier molecular flexibility index (Phi) is 6.81. The van der Waals surface area contributed by atoms with E-state index < -0.39 is 0 Å². The molecule has 166 valence electrons. The maximum atomic E-state index is 12.8. The fourth-order valence-electron chi connectivity index (χ4n) is 3.52. The van der Waals surface area contributed by atoms with E-state index in [1.807, 2.05) is 30.1 Å². The first-order chi connectivity index (χ1) is 15.5. The molecule has 2 amide bonds. The first-order valence-electron chi connectivity index (χ1n) is 10.4. The monoisotopic (exact) mass is 451 g/mol. The molecule has 0 spiro atoms. The summed E-state index contributed by atoms with van der Waals surface area (Å²) in [7, 11) is 1.85. The van der Waals surface area contributed by atoms with Crippen molar-refractivity contribution in [3.05, 3.63) is 65.7 Å². The topological polar surface area (TPSA) is 119 Å². The Hall–Kier alpha value is -3.24. The summed E-state index contributed by atoms with van der Waals surface area (Å²) >= 11 is 1.37. The van der Waals surface area contributed by atoms with Crippen LogP contribution in [-0.2, 0) is 7.05 Å². The molecule has 1 aliphatic rings. The molecule has 9 nitrogen and oxygen atoms in total. The molecule has 3 aromatic rings. The van der Waals surface area contributed by atoms with E-state index in [0.717, 1.165) is 37.9 Å². The number of piperidine rings is 1. The predicted molar refractivity (Wildman–Crippen MR) is 122 cm³/mol. The van der Waals surface area contributed by atoms with Crippen LogP contribution >= 0.6 is 11.8 Å². The average molecular weight is 452 g/mol. The van der Waals surface area contributed by atoms with Crippen LogP contribution in [0, 0.1) is 0 Å². The van der Waals surface area contributed by atoms with Gasteiger partial charge in [0.05, 0.1) is 5.37 Å². The van der Waals surface area contributed by atoms with E-state index in [0.29, 0.717) is 16.4 Å². The zero-order chi connectivity index (χ0) is 22.5. The number of nitrogens with zero attached hydrogens (tertiary/aromatic N) is 5. The van der Waals surface area contributed by atoms with Crippen LogP contribution in [-0.4, -0.2) is 49.6 Å². The lowest BCUT2D eigenvalue weighted by atomic mass is 10.1. The standard InChI is InChI=1S/C22H25N7O2S/c1-28-14-25-27-22(28)32-19(23)15-6-5-7-17(12-15)26-20(30)18-13-16(8-9-24-18)21(31)29-10-3-2-4-11-29/h5-9,12-14,19H,2-4,10-11,23H2,1H3,(H,26,30)/t19-/m1/s1. The minimum atomic E-state index is -0.384. The molecule has 0 bridgehead atoms. The summed E-state index contributed by atoms with van der Waals surface area (Å²) < 4.78 is 1.79. The number of hydrogen-bond donors (Lipinski definition) is 2. The van der Waals surface area contributed by atoms with E-state index in [2.05, 4.69) is 20.5 Å². The number of hydrogen-bond acceptors (Lipinski definition) is 7. The number of aryl methyl sites for hydroxylation is 1. The summed E-state index contributed by atoms with van der Waals surface area (Å²) in [6.07, 6.45) is 6.28. The van der Waals surface area contributed by atoms with Crippen molar-refractivity contribution in [1.82, 2.24) is 24.6 Å². The van der Waals surface area contributed by atoms with Gasteiger partial charge in [0.1, 0.15) is 12.0 Å². The number of carbonyl (C=O) groups is 2. The molecule has 1 atom stereocenters. The lowest BCUT2D eigenvalue weighted by Crippen LogP contribution is -2.35. The van der Waals surface area contributed by atoms with Crippen LogP contribution in [0.1, 0.15) is 51.0 Å². The molecule has 1 aromatic carbocycles. The molecule has 1 fully saturated rings. The minimum Gasteiger partial charge on any atom is -0.339 e. The molecule has 3 N–H and O–H groups in total. The number of thioether (sulfide) groups is 1. The highest BCUT2D eigenvalue weighted by atomic mass is 32.2. The number of anilines is 1. The molecule has 32 heavy (non-hydrogen) atoms. The van der Waals surface area contributed by atoms with Gasteiger partial charge >= 0.3 is 0 Å². The van der Waals surface area contributed by atoms with Gasteiger partial charge in [-0.2, -0.15) is 0 Å². The molecule has 1 aliphatic heterocycles. The van der Waals surface area contributed by atoms with Gasteiger partial charge in [0.15, 0.2) is 5.16 Å². The van der Waals surface area contributed by atoms with E-state index in [-0.39, 0.29) is 22.9 Å². The molecular formula is C22H25N7O2S. The van der Waals surface area contributed by atoms with Crippen LogP contribution in [0.2, 0.25) is 0 Å². The van der Waals surface area contributed by atoms with Gasteiger partial charge in [0.25, 0.3) is 11.8 Å². The highest BCUT2D eigenvalue weighted by Crippen LogP contribution is 2.30. The minimum absolute atomic E-state index is 0.0603. The Morgan fingerprint density at radius 3 is 2.72 bits per heavy atom. The van der Waals surface area contributed by atoms with Crippen LogP contribution in [0.25, 0.3) is 0 Å². The normalized spacial score (nSPS) is 14.8. The van der Waals surface area contributed by atoms with Crippen molar-refractivity contribution in [1.29, 1.82) is 0 Å². The Labute approximate surface area is 190 Å². The highest BCUT2D eigenvalue weighted by Gasteiger charge is 2.20. The second-order valence-corrected chi connectivity index (χ2v) is 8.73. The highest BCUT2D eigenvalue weighted by molar-refractivity contribution is 7.99. The number of carbonyl (C=O) groups excluding carboxylic acids is 2. The van der Waals surface area contributed by atoms with E-state index >= 15 is 0 Å². The van der Waals surface area contributed by atoms with Crippen LogP contribution in [0.4, 0.5) is 5.69 Å². The molecule has 1 saturated heterocycles. The van der Waals surface area contributed by atoms with Crippen molar-refractivity contribution in [3.8, 4) is 0 Å². The number of likely N-dealkylation sites (tertiary alicyclic amines) is 1. The summed E-state index contributed by atoms with van der Waals surface area (Å²) in [6.45, 7) is 1.50. The second-order valence-electron chi connectivity index (χ2n) is 7.63. The molecule has 10 heteroatoms. The Balaban J connectivity index is 1.44. The number of pyridine rings is 1. The summed E-state index contributed by atoms with van der Waals surface area (Å²) in [5.41, 5.74) is 8.40. The van der Waals surface area contributed by atoms with Gasteiger partial charge in [-0.3, -0.25) is 14.6 Å². The smallest absolute Gasteiger partial charge is 0.274 e. The third kappa shape index (κ3) is 5.14. The lowest BCUT2D eigenvalue weighted by molar-refractivity contribution is 0.0724. The molecule has 0 saturated carbocycles.